The second-order valence-corrected chi connectivity index (χ2v) is 9.34. The fourth-order valence-corrected chi connectivity index (χ4v) is 5.19. The lowest BCUT2D eigenvalue weighted by Gasteiger charge is -2.43. The van der Waals surface area contributed by atoms with Crippen molar-refractivity contribution in [3.05, 3.63) is 36.8 Å². The Morgan fingerprint density at radius 2 is 1.97 bits per heavy atom. The maximum Gasteiger partial charge on any atom is 0.283 e. The van der Waals surface area contributed by atoms with Crippen molar-refractivity contribution < 1.29 is 13.9 Å². The Labute approximate surface area is 189 Å². The molecule has 1 aliphatic carbocycles. The van der Waals surface area contributed by atoms with Gasteiger partial charge in [0.15, 0.2) is 0 Å². The lowest BCUT2D eigenvalue weighted by molar-refractivity contribution is -0.0745. The minimum Gasteiger partial charge on any atom is -0.507 e. The van der Waals surface area contributed by atoms with E-state index in [0.717, 1.165) is 30.4 Å². The number of piperidine rings is 1. The van der Waals surface area contributed by atoms with Crippen LogP contribution in [0.5, 0.6) is 5.75 Å². The number of alkyl halides is 2. The molecule has 2 bridgehead atoms. The van der Waals surface area contributed by atoms with Crippen molar-refractivity contribution >= 4 is 5.95 Å². The van der Waals surface area contributed by atoms with E-state index in [0.29, 0.717) is 24.1 Å². The number of aromatic nitrogens is 5. The summed E-state index contributed by atoms with van der Waals surface area (Å²) in [4.78, 5) is 6.13. The van der Waals surface area contributed by atoms with Crippen LogP contribution in [0.1, 0.15) is 32.1 Å². The molecule has 4 heterocycles. The van der Waals surface area contributed by atoms with E-state index in [1.165, 1.54) is 6.20 Å². The molecule has 3 aliphatic rings. The highest BCUT2D eigenvalue weighted by molar-refractivity contribution is 5.73. The van der Waals surface area contributed by atoms with E-state index < -0.39 is 18.0 Å². The summed E-state index contributed by atoms with van der Waals surface area (Å²) >= 11 is 0. The zero-order valence-corrected chi connectivity index (χ0v) is 18.2. The Morgan fingerprint density at radius 3 is 2.64 bits per heavy atom. The molecule has 6 rings (SSSR count). The molecule has 2 N–H and O–H groups in total. The number of fused-ring (bicyclic) bond motifs is 2. The molecule has 1 unspecified atom stereocenters. The average molecular weight is 453 g/mol. The van der Waals surface area contributed by atoms with Crippen LogP contribution < -0.4 is 10.2 Å². The number of nitrogens with zero attached hydrogens (tertiary/aromatic N) is 6. The highest BCUT2D eigenvalue weighted by atomic mass is 19.3. The van der Waals surface area contributed by atoms with Crippen molar-refractivity contribution in [3.8, 4) is 28.1 Å². The number of rotatable bonds is 5. The highest BCUT2D eigenvalue weighted by Crippen LogP contribution is 2.45. The van der Waals surface area contributed by atoms with Crippen molar-refractivity contribution in [3.63, 3.8) is 0 Å². The molecule has 1 aromatic carbocycles. The van der Waals surface area contributed by atoms with Gasteiger partial charge < -0.3 is 15.3 Å². The number of aryl methyl sites for hydroxylation is 1. The van der Waals surface area contributed by atoms with E-state index in [4.69, 9.17) is 0 Å². The summed E-state index contributed by atoms with van der Waals surface area (Å²) in [6.07, 6.45) is 8.46. The van der Waals surface area contributed by atoms with Gasteiger partial charge in [-0.15, -0.1) is 10.2 Å². The van der Waals surface area contributed by atoms with Crippen molar-refractivity contribution in [2.45, 2.75) is 62.2 Å². The zero-order chi connectivity index (χ0) is 22.7. The quantitative estimate of drug-likeness (QED) is 0.613. The topological polar surface area (TPSA) is 92.0 Å². The molecule has 0 spiro atoms. The predicted molar refractivity (Wildman–Crippen MR) is 118 cm³/mol. The number of hydrogen-bond acceptors (Lipinski definition) is 7. The van der Waals surface area contributed by atoms with Gasteiger partial charge in [-0.2, -0.15) is 5.10 Å². The first-order valence-electron chi connectivity index (χ1n) is 11.3. The molecule has 3 fully saturated rings. The lowest BCUT2D eigenvalue weighted by Crippen LogP contribution is -2.63. The van der Waals surface area contributed by atoms with Crippen LogP contribution in [0.4, 0.5) is 14.7 Å². The Morgan fingerprint density at radius 1 is 1.12 bits per heavy atom. The fourth-order valence-electron chi connectivity index (χ4n) is 5.19. The van der Waals surface area contributed by atoms with Crippen LogP contribution in [-0.2, 0) is 7.05 Å². The molecule has 2 aromatic heterocycles. The molecule has 3 aromatic rings. The van der Waals surface area contributed by atoms with Crippen LogP contribution in [0.25, 0.3) is 22.4 Å². The van der Waals surface area contributed by atoms with Gasteiger partial charge in [-0.25, -0.2) is 13.8 Å². The molecular formula is C23H25F2N7O. The number of aromatic hydroxyl groups is 1. The van der Waals surface area contributed by atoms with Crippen molar-refractivity contribution in [2.24, 2.45) is 7.05 Å². The van der Waals surface area contributed by atoms with Gasteiger partial charge in [-0.3, -0.25) is 4.68 Å². The molecule has 10 heteroatoms. The van der Waals surface area contributed by atoms with Gasteiger partial charge in [0.25, 0.3) is 5.92 Å². The molecule has 0 amide bonds. The van der Waals surface area contributed by atoms with E-state index in [2.05, 4.69) is 25.6 Å². The summed E-state index contributed by atoms with van der Waals surface area (Å²) in [6.45, 7) is 0. The van der Waals surface area contributed by atoms with E-state index in [1.807, 2.05) is 19.3 Å². The molecule has 3 atom stereocenters. The average Bonchev–Trinajstić information content (AvgIpc) is 3.37. The smallest absolute Gasteiger partial charge is 0.283 e. The molecule has 2 aliphatic heterocycles. The van der Waals surface area contributed by atoms with Gasteiger partial charge in [0.2, 0.25) is 5.95 Å². The zero-order valence-electron chi connectivity index (χ0n) is 18.2. The number of halogens is 2. The van der Waals surface area contributed by atoms with Crippen LogP contribution in [0.2, 0.25) is 0 Å². The summed E-state index contributed by atoms with van der Waals surface area (Å²) in [5.41, 5.74) is 2.58. The van der Waals surface area contributed by atoms with Crippen LogP contribution >= 0.6 is 0 Å². The third-order valence-electron chi connectivity index (χ3n) is 7.03. The van der Waals surface area contributed by atoms with E-state index >= 15 is 8.78 Å². The molecule has 33 heavy (non-hydrogen) atoms. The lowest BCUT2D eigenvalue weighted by atomic mass is 9.93. The molecule has 172 valence electrons. The van der Waals surface area contributed by atoms with Crippen LogP contribution in [-0.4, -0.2) is 60.2 Å². The Balaban J connectivity index is 1.28. The van der Waals surface area contributed by atoms with Gasteiger partial charge in [0, 0.05) is 36.5 Å². The minimum absolute atomic E-state index is 0.0261. The summed E-state index contributed by atoms with van der Waals surface area (Å²) in [5.74, 6) is -2.57. The number of anilines is 1. The molecule has 0 radical (unpaired) electrons. The number of phenolic OH excluding ortho intramolecular Hbond substituents is 1. The third-order valence-corrected chi connectivity index (χ3v) is 7.03. The SMILES string of the molecule is Cn1cc(-c2ccc(-c3cnc(N(C4CC4)[C@H]4CC5CC[C@H](N5)C4(F)F)nn3)c(O)c2)cn1. The largest absolute Gasteiger partial charge is 0.507 e. The van der Waals surface area contributed by atoms with Crippen LogP contribution in [0.15, 0.2) is 36.8 Å². The normalized spacial score (nSPS) is 25.8. The predicted octanol–water partition coefficient (Wildman–Crippen LogP) is 3.14. The Bertz CT molecular complexity index is 1180. The monoisotopic (exact) mass is 453 g/mol. The van der Waals surface area contributed by atoms with Gasteiger partial charge in [0.05, 0.1) is 24.5 Å². The van der Waals surface area contributed by atoms with Crippen molar-refractivity contribution in [1.82, 2.24) is 30.3 Å². The number of nitrogens with one attached hydrogen (secondary N) is 1. The van der Waals surface area contributed by atoms with Gasteiger partial charge in [-0.05, 0) is 49.8 Å². The summed E-state index contributed by atoms with van der Waals surface area (Å²) in [7, 11) is 1.83. The number of hydrogen-bond donors (Lipinski definition) is 2. The first-order valence-corrected chi connectivity index (χ1v) is 11.3. The van der Waals surface area contributed by atoms with E-state index in [9.17, 15) is 5.11 Å². The Hall–Kier alpha value is -3.14. The fraction of sp³-hybridized carbons (Fsp3) is 0.478. The summed E-state index contributed by atoms with van der Waals surface area (Å²) < 4.78 is 32.2. The molecule has 2 saturated heterocycles. The van der Waals surface area contributed by atoms with Crippen LogP contribution in [0, 0.1) is 0 Å². The standard InChI is InChI=1S/C23H25F2N7O/c1-31-12-14(10-27-31)13-2-6-17(19(33)8-13)18-11-26-22(30-29-18)32(16-4-5-16)21-9-15-3-7-20(28-15)23(21,24)25/h2,6,8,10-12,15-16,20-21,28,33H,3-5,7,9H2,1H3/t15?,20-,21-/m0/s1. The van der Waals surface area contributed by atoms with E-state index in [1.54, 1.807) is 27.9 Å². The third kappa shape index (κ3) is 3.52. The number of benzene rings is 1. The minimum atomic E-state index is -2.85. The Kier molecular flexibility index (Phi) is 4.62. The molecular weight excluding hydrogens is 428 g/mol. The van der Waals surface area contributed by atoms with Crippen molar-refractivity contribution in [2.75, 3.05) is 4.90 Å². The maximum atomic E-state index is 15.2. The highest BCUT2D eigenvalue weighted by Gasteiger charge is 2.58. The first kappa shape index (κ1) is 20.5. The van der Waals surface area contributed by atoms with E-state index in [-0.39, 0.29) is 23.8 Å². The van der Waals surface area contributed by atoms with Gasteiger partial charge >= 0.3 is 0 Å². The van der Waals surface area contributed by atoms with Gasteiger partial charge in [-0.1, -0.05) is 6.07 Å². The number of phenols is 1. The molecule has 8 nitrogen and oxygen atoms in total. The molecule has 1 saturated carbocycles. The second-order valence-electron chi connectivity index (χ2n) is 9.34. The second kappa shape index (κ2) is 7.44. The van der Waals surface area contributed by atoms with Gasteiger partial charge in [0.1, 0.15) is 11.4 Å². The first-order chi connectivity index (χ1) is 15.9. The maximum absolute atomic E-state index is 15.2. The summed E-state index contributed by atoms with van der Waals surface area (Å²) in [5, 5.41) is 26.3. The van der Waals surface area contributed by atoms with Crippen LogP contribution in [0.3, 0.4) is 0 Å². The van der Waals surface area contributed by atoms with Crippen molar-refractivity contribution in [1.29, 1.82) is 0 Å². The summed E-state index contributed by atoms with van der Waals surface area (Å²) in [6, 6.07) is 3.68.